The van der Waals surface area contributed by atoms with Gasteiger partial charge in [0.25, 0.3) is 0 Å². The van der Waals surface area contributed by atoms with E-state index in [-0.39, 0.29) is 26.2 Å². The summed E-state index contributed by atoms with van der Waals surface area (Å²) in [4.78, 5) is 0. The fourth-order valence-corrected chi connectivity index (χ4v) is 1.83. The Morgan fingerprint density at radius 3 is 2.44 bits per heavy atom. The van der Waals surface area contributed by atoms with E-state index >= 15 is 0 Å². The summed E-state index contributed by atoms with van der Waals surface area (Å²) < 4.78 is 26.7. The predicted molar refractivity (Wildman–Crippen MR) is 69.4 cm³/mol. The van der Waals surface area contributed by atoms with Crippen LogP contribution in [0, 0.1) is 11.6 Å². The van der Waals surface area contributed by atoms with E-state index in [9.17, 15) is 8.78 Å². The SMILES string of the molecule is Fc1cc(F)c(Nc2cc(Cl)nnc2Cl)cc1Br. The number of nitrogens with one attached hydrogen (secondary N) is 1. The molecule has 94 valence electrons. The van der Waals surface area contributed by atoms with Crippen LogP contribution in [0.2, 0.25) is 10.3 Å². The van der Waals surface area contributed by atoms with Crippen molar-refractivity contribution >= 4 is 50.5 Å². The molecule has 0 aliphatic rings. The minimum absolute atomic E-state index is 0.0271. The lowest BCUT2D eigenvalue weighted by molar-refractivity contribution is 0.581. The van der Waals surface area contributed by atoms with E-state index in [1.165, 1.54) is 12.1 Å². The van der Waals surface area contributed by atoms with Gasteiger partial charge in [-0.25, -0.2) is 8.78 Å². The molecule has 0 saturated heterocycles. The van der Waals surface area contributed by atoms with Crippen LogP contribution in [0.25, 0.3) is 0 Å². The third-order valence-corrected chi connectivity index (χ3v) is 3.07. The first kappa shape index (κ1) is 13.5. The van der Waals surface area contributed by atoms with Crippen molar-refractivity contribution in [2.45, 2.75) is 0 Å². The maximum absolute atomic E-state index is 13.5. The van der Waals surface area contributed by atoms with Gasteiger partial charge in [0.05, 0.1) is 15.8 Å². The normalized spacial score (nSPS) is 10.5. The number of hydrogen-bond acceptors (Lipinski definition) is 3. The van der Waals surface area contributed by atoms with Gasteiger partial charge in [-0.3, -0.25) is 0 Å². The molecule has 2 aromatic rings. The molecule has 1 heterocycles. The van der Waals surface area contributed by atoms with E-state index in [1.807, 2.05) is 0 Å². The van der Waals surface area contributed by atoms with E-state index in [2.05, 4.69) is 31.4 Å². The highest BCUT2D eigenvalue weighted by atomic mass is 79.9. The summed E-state index contributed by atoms with van der Waals surface area (Å²) in [6.07, 6.45) is 0. The van der Waals surface area contributed by atoms with Gasteiger partial charge < -0.3 is 5.32 Å². The quantitative estimate of drug-likeness (QED) is 0.803. The Kier molecular flexibility index (Phi) is 3.99. The molecule has 0 aliphatic heterocycles. The van der Waals surface area contributed by atoms with Crippen LogP contribution in [0.5, 0.6) is 0 Å². The smallest absolute Gasteiger partial charge is 0.175 e. The first-order chi connectivity index (χ1) is 8.47. The van der Waals surface area contributed by atoms with E-state index in [0.717, 1.165) is 6.07 Å². The Morgan fingerprint density at radius 2 is 1.72 bits per heavy atom. The minimum atomic E-state index is -0.764. The maximum atomic E-state index is 13.5. The minimum Gasteiger partial charge on any atom is -0.350 e. The van der Waals surface area contributed by atoms with Crippen molar-refractivity contribution in [1.29, 1.82) is 0 Å². The molecule has 0 bridgehead atoms. The van der Waals surface area contributed by atoms with Crippen LogP contribution in [0.4, 0.5) is 20.2 Å². The lowest BCUT2D eigenvalue weighted by Gasteiger charge is -2.09. The summed E-state index contributed by atoms with van der Waals surface area (Å²) in [6.45, 7) is 0. The Bertz CT molecular complexity index is 610. The second-order valence-corrected chi connectivity index (χ2v) is 4.84. The third kappa shape index (κ3) is 2.88. The molecule has 0 aliphatic carbocycles. The molecule has 1 N–H and O–H groups in total. The summed E-state index contributed by atoms with van der Waals surface area (Å²) in [7, 11) is 0. The molecule has 0 amide bonds. The number of hydrogen-bond donors (Lipinski definition) is 1. The highest BCUT2D eigenvalue weighted by Gasteiger charge is 2.11. The van der Waals surface area contributed by atoms with Crippen LogP contribution >= 0.6 is 39.1 Å². The van der Waals surface area contributed by atoms with Gasteiger partial charge in [-0.2, -0.15) is 0 Å². The first-order valence-corrected chi connectivity index (χ1v) is 6.12. The molecule has 0 radical (unpaired) electrons. The van der Waals surface area contributed by atoms with Crippen molar-refractivity contribution in [3.63, 3.8) is 0 Å². The number of benzene rings is 1. The van der Waals surface area contributed by atoms with Crippen molar-refractivity contribution in [2.24, 2.45) is 0 Å². The van der Waals surface area contributed by atoms with Crippen LogP contribution in [-0.2, 0) is 0 Å². The number of halogens is 5. The largest absolute Gasteiger partial charge is 0.350 e. The lowest BCUT2D eigenvalue weighted by Crippen LogP contribution is -1.98. The molecule has 1 aromatic heterocycles. The van der Waals surface area contributed by atoms with Gasteiger partial charge >= 0.3 is 0 Å². The Labute approximate surface area is 119 Å². The van der Waals surface area contributed by atoms with E-state index < -0.39 is 11.6 Å². The fraction of sp³-hybridized carbons (Fsp3) is 0. The van der Waals surface area contributed by atoms with E-state index in [1.54, 1.807) is 0 Å². The van der Waals surface area contributed by atoms with Gasteiger partial charge in [-0.1, -0.05) is 23.2 Å². The second kappa shape index (κ2) is 5.34. The fourth-order valence-electron chi connectivity index (χ4n) is 1.20. The van der Waals surface area contributed by atoms with Gasteiger partial charge in [0.1, 0.15) is 11.6 Å². The number of aromatic nitrogens is 2. The van der Waals surface area contributed by atoms with E-state index in [0.29, 0.717) is 0 Å². The second-order valence-electron chi connectivity index (χ2n) is 3.24. The zero-order valence-corrected chi connectivity index (χ0v) is 11.6. The van der Waals surface area contributed by atoms with Gasteiger partial charge in [0.2, 0.25) is 0 Å². The first-order valence-electron chi connectivity index (χ1n) is 4.57. The summed E-state index contributed by atoms with van der Waals surface area (Å²) in [6, 6.07) is 3.37. The summed E-state index contributed by atoms with van der Waals surface area (Å²) in [5, 5.41) is 9.86. The van der Waals surface area contributed by atoms with Gasteiger partial charge in [-0.15, -0.1) is 10.2 Å². The number of anilines is 2. The summed E-state index contributed by atoms with van der Waals surface area (Å²) in [5.74, 6) is -1.46. The molecule has 8 heteroatoms. The Balaban J connectivity index is 2.40. The highest BCUT2D eigenvalue weighted by molar-refractivity contribution is 9.10. The Morgan fingerprint density at radius 1 is 1.00 bits per heavy atom. The van der Waals surface area contributed by atoms with Crippen LogP contribution in [0.1, 0.15) is 0 Å². The van der Waals surface area contributed by atoms with Crippen molar-refractivity contribution in [3.05, 3.63) is 44.6 Å². The van der Waals surface area contributed by atoms with Crippen molar-refractivity contribution in [3.8, 4) is 0 Å². The summed E-state index contributed by atoms with van der Waals surface area (Å²) >= 11 is 14.4. The third-order valence-electron chi connectivity index (χ3n) is 2.00. The van der Waals surface area contributed by atoms with Crippen molar-refractivity contribution < 1.29 is 8.78 Å². The zero-order chi connectivity index (χ0) is 13.3. The van der Waals surface area contributed by atoms with Gasteiger partial charge in [0, 0.05) is 12.1 Å². The van der Waals surface area contributed by atoms with Gasteiger partial charge in [-0.05, 0) is 22.0 Å². The van der Waals surface area contributed by atoms with Crippen molar-refractivity contribution in [2.75, 3.05) is 5.32 Å². The van der Waals surface area contributed by atoms with Gasteiger partial charge in [0.15, 0.2) is 10.3 Å². The van der Waals surface area contributed by atoms with Crippen LogP contribution < -0.4 is 5.32 Å². The predicted octanol–water partition coefficient (Wildman–Crippen LogP) is 4.57. The molecule has 0 fully saturated rings. The zero-order valence-electron chi connectivity index (χ0n) is 8.52. The molecular weight excluding hydrogens is 351 g/mol. The van der Waals surface area contributed by atoms with E-state index in [4.69, 9.17) is 23.2 Å². The molecule has 0 atom stereocenters. The van der Waals surface area contributed by atoms with Crippen LogP contribution in [0.15, 0.2) is 22.7 Å². The average molecular weight is 355 g/mol. The maximum Gasteiger partial charge on any atom is 0.175 e. The van der Waals surface area contributed by atoms with Crippen LogP contribution in [-0.4, -0.2) is 10.2 Å². The number of rotatable bonds is 2. The number of nitrogens with zero attached hydrogens (tertiary/aromatic N) is 2. The lowest BCUT2D eigenvalue weighted by atomic mass is 10.3. The molecule has 3 nitrogen and oxygen atoms in total. The Hall–Kier alpha value is -0.980. The van der Waals surface area contributed by atoms with Crippen molar-refractivity contribution in [1.82, 2.24) is 10.2 Å². The molecular formula is C10H4BrCl2F2N3. The average Bonchev–Trinajstić information content (AvgIpc) is 2.30. The summed E-state index contributed by atoms with van der Waals surface area (Å²) in [5.41, 5.74) is 0.309. The molecule has 0 spiro atoms. The molecule has 0 unspecified atom stereocenters. The molecule has 2 rings (SSSR count). The molecule has 1 aromatic carbocycles. The molecule has 0 saturated carbocycles. The highest BCUT2D eigenvalue weighted by Crippen LogP contribution is 2.29. The van der Waals surface area contributed by atoms with Crippen LogP contribution in [0.3, 0.4) is 0 Å². The monoisotopic (exact) mass is 353 g/mol. The standard InChI is InChI=1S/C10H4BrCl2F2N3/c11-4-1-7(6(15)2-5(4)14)16-8-3-9(12)17-18-10(8)13/h1-3H,(H,16,17). The topological polar surface area (TPSA) is 37.8 Å². The molecule has 18 heavy (non-hydrogen) atoms.